The van der Waals surface area contributed by atoms with E-state index in [4.69, 9.17) is 15.9 Å². The molecule has 0 radical (unpaired) electrons. The van der Waals surface area contributed by atoms with Crippen LogP contribution in [0.1, 0.15) is 5.56 Å². The number of hydrogen-bond acceptors (Lipinski definition) is 5. The summed E-state index contributed by atoms with van der Waals surface area (Å²) in [6.45, 7) is 2.81. The van der Waals surface area contributed by atoms with Gasteiger partial charge in [0.25, 0.3) is 0 Å². The molecular weight excluding hydrogens is 290 g/mol. The molecule has 3 rings (SSSR count). The second-order valence-corrected chi connectivity index (χ2v) is 5.47. The molecule has 0 spiro atoms. The Hall–Kier alpha value is -2.60. The van der Waals surface area contributed by atoms with E-state index < -0.39 is 0 Å². The van der Waals surface area contributed by atoms with Crippen molar-refractivity contribution in [1.82, 2.24) is 9.88 Å². The van der Waals surface area contributed by atoms with Gasteiger partial charge in [0.1, 0.15) is 5.84 Å². The molecule has 0 saturated carbocycles. The molecule has 23 heavy (non-hydrogen) atoms. The van der Waals surface area contributed by atoms with Crippen molar-refractivity contribution in [3.63, 3.8) is 0 Å². The first-order chi connectivity index (χ1) is 11.2. The number of nitrogen functional groups attached to an aromatic ring is 1. The molecule has 1 fully saturated rings. The van der Waals surface area contributed by atoms with Crippen molar-refractivity contribution in [2.24, 2.45) is 0 Å². The lowest BCUT2D eigenvalue weighted by atomic mass is 10.0. The summed E-state index contributed by atoms with van der Waals surface area (Å²) in [7, 11) is 1.87. The maximum Gasteiger partial charge on any atom is 0.130 e. The van der Waals surface area contributed by atoms with Gasteiger partial charge in [-0.05, 0) is 23.8 Å². The molecular formula is C17H21N5O. The molecule has 0 aliphatic carbocycles. The largest absolute Gasteiger partial charge is 0.397 e. The maximum atomic E-state index is 8.56. The second-order valence-electron chi connectivity index (χ2n) is 5.47. The molecule has 2 heterocycles. The number of pyridine rings is 1. The summed E-state index contributed by atoms with van der Waals surface area (Å²) in [6.07, 6.45) is 3.41. The molecule has 6 heteroatoms. The van der Waals surface area contributed by atoms with Crippen LogP contribution in [0.2, 0.25) is 0 Å². The Labute approximate surface area is 135 Å². The Morgan fingerprint density at radius 3 is 2.70 bits per heavy atom. The van der Waals surface area contributed by atoms with E-state index in [1.54, 1.807) is 12.4 Å². The van der Waals surface area contributed by atoms with E-state index in [1.807, 2.05) is 36.2 Å². The quantitative estimate of drug-likeness (QED) is 0.596. The van der Waals surface area contributed by atoms with Crippen LogP contribution in [0.15, 0.2) is 36.7 Å². The highest BCUT2D eigenvalue weighted by molar-refractivity contribution is 6.02. The van der Waals surface area contributed by atoms with Crippen LogP contribution in [-0.2, 0) is 4.74 Å². The molecule has 1 aliphatic rings. The fourth-order valence-corrected chi connectivity index (χ4v) is 2.71. The Morgan fingerprint density at radius 1 is 1.22 bits per heavy atom. The first-order valence-corrected chi connectivity index (χ1v) is 7.63. The van der Waals surface area contributed by atoms with Crippen LogP contribution < -0.4 is 11.1 Å². The molecule has 2 aromatic rings. The van der Waals surface area contributed by atoms with Crippen LogP contribution in [0.4, 0.5) is 11.4 Å². The predicted octanol–water partition coefficient (Wildman–Crippen LogP) is 2.03. The van der Waals surface area contributed by atoms with Gasteiger partial charge in [0.15, 0.2) is 0 Å². The lowest BCUT2D eigenvalue weighted by Crippen LogP contribution is -2.40. The summed E-state index contributed by atoms with van der Waals surface area (Å²) in [5.41, 5.74) is 10.2. The van der Waals surface area contributed by atoms with Crippen molar-refractivity contribution in [3.8, 4) is 11.1 Å². The zero-order valence-corrected chi connectivity index (χ0v) is 13.2. The van der Waals surface area contributed by atoms with Gasteiger partial charge in [-0.15, -0.1) is 0 Å². The Kier molecular flexibility index (Phi) is 4.43. The first kappa shape index (κ1) is 15.3. The van der Waals surface area contributed by atoms with Crippen molar-refractivity contribution in [1.29, 1.82) is 5.41 Å². The number of ether oxygens (including phenoxy) is 1. The summed E-state index contributed by atoms with van der Waals surface area (Å²) in [4.78, 5) is 6.19. The normalized spacial score (nSPS) is 14.6. The Bertz CT molecular complexity index is 710. The molecule has 0 atom stereocenters. The monoisotopic (exact) mass is 311 g/mol. The van der Waals surface area contributed by atoms with Crippen LogP contribution in [0.5, 0.6) is 0 Å². The number of amidine groups is 1. The molecule has 1 aromatic heterocycles. The fourth-order valence-electron chi connectivity index (χ4n) is 2.71. The van der Waals surface area contributed by atoms with E-state index in [-0.39, 0.29) is 0 Å². The summed E-state index contributed by atoms with van der Waals surface area (Å²) in [5.74, 6) is 0.511. The zero-order valence-electron chi connectivity index (χ0n) is 13.2. The lowest BCUT2D eigenvalue weighted by Gasteiger charge is -2.30. The lowest BCUT2D eigenvalue weighted by molar-refractivity contribution is 0.0680. The van der Waals surface area contributed by atoms with Gasteiger partial charge in [-0.1, -0.05) is 6.07 Å². The average Bonchev–Trinajstić information content (AvgIpc) is 2.61. The van der Waals surface area contributed by atoms with Crippen LogP contribution in [0, 0.1) is 5.41 Å². The van der Waals surface area contributed by atoms with Crippen molar-refractivity contribution >= 4 is 17.2 Å². The summed E-state index contributed by atoms with van der Waals surface area (Å²) in [5, 5.41) is 11.7. The highest BCUT2D eigenvalue weighted by Gasteiger charge is 2.18. The minimum absolute atomic E-state index is 0.511. The Balaban J connectivity index is 1.97. The minimum atomic E-state index is 0.511. The number of rotatable bonds is 3. The van der Waals surface area contributed by atoms with Gasteiger partial charge in [-0.25, -0.2) is 0 Å². The number of morpholine rings is 1. The van der Waals surface area contributed by atoms with Gasteiger partial charge in [0.05, 0.1) is 18.9 Å². The SMILES string of the molecule is CNc1ccc(-c2cncc(N)c2)cc1C(=N)N1CCOCC1. The molecule has 1 aromatic carbocycles. The van der Waals surface area contributed by atoms with E-state index in [2.05, 4.69) is 10.3 Å². The molecule has 0 unspecified atom stereocenters. The van der Waals surface area contributed by atoms with Gasteiger partial charge in [-0.2, -0.15) is 0 Å². The number of hydrogen-bond donors (Lipinski definition) is 3. The van der Waals surface area contributed by atoms with Crippen LogP contribution in [0.25, 0.3) is 11.1 Å². The number of aromatic nitrogens is 1. The van der Waals surface area contributed by atoms with Crippen molar-refractivity contribution in [2.75, 3.05) is 44.4 Å². The van der Waals surface area contributed by atoms with Gasteiger partial charge in [0, 0.05) is 49.3 Å². The van der Waals surface area contributed by atoms with Gasteiger partial charge < -0.3 is 20.7 Å². The Morgan fingerprint density at radius 2 is 2.00 bits per heavy atom. The summed E-state index contributed by atoms with van der Waals surface area (Å²) >= 11 is 0. The third kappa shape index (κ3) is 3.27. The number of anilines is 2. The van der Waals surface area contributed by atoms with Crippen LogP contribution >= 0.6 is 0 Å². The maximum absolute atomic E-state index is 8.56. The summed E-state index contributed by atoms with van der Waals surface area (Å²) < 4.78 is 5.37. The second kappa shape index (κ2) is 6.66. The smallest absolute Gasteiger partial charge is 0.130 e. The number of nitrogens with two attached hydrogens (primary N) is 1. The van der Waals surface area contributed by atoms with E-state index in [0.717, 1.165) is 35.5 Å². The predicted molar refractivity (Wildman–Crippen MR) is 92.9 cm³/mol. The molecule has 0 bridgehead atoms. The molecule has 0 amide bonds. The van der Waals surface area contributed by atoms with E-state index in [9.17, 15) is 0 Å². The third-order valence-corrected chi connectivity index (χ3v) is 3.96. The highest BCUT2D eigenvalue weighted by atomic mass is 16.5. The molecule has 4 N–H and O–H groups in total. The van der Waals surface area contributed by atoms with Crippen molar-refractivity contribution in [2.45, 2.75) is 0 Å². The number of nitrogens with zero attached hydrogens (tertiary/aromatic N) is 2. The fraction of sp³-hybridized carbons (Fsp3) is 0.294. The summed E-state index contributed by atoms with van der Waals surface area (Å²) in [6, 6.07) is 7.91. The van der Waals surface area contributed by atoms with Crippen LogP contribution in [0.3, 0.4) is 0 Å². The van der Waals surface area contributed by atoms with Gasteiger partial charge in [0.2, 0.25) is 0 Å². The highest BCUT2D eigenvalue weighted by Crippen LogP contribution is 2.27. The number of benzene rings is 1. The van der Waals surface area contributed by atoms with Crippen molar-refractivity contribution in [3.05, 3.63) is 42.2 Å². The van der Waals surface area contributed by atoms with Crippen molar-refractivity contribution < 1.29 is 4.74 Å². The molecule has 6 nitrogen and oxygen atoms in total. The van der Waals surface area contributed by atoms with Crippen LogP contribution in [-0.4, -0.2) is 49.1 Å². The zero-order chi connectivity index (χ0) is 16.2. The number of nitrogens with one attached hydrogen (secondary N) is 2. The third-order valence-electron chi connectivity index (χ3n) is 3.96. The van der Waals surface area contributed by atoms with Gasteiger partial charge >= 0.3 is 0 Å². The molecule has 1 saturated heterocycles. The first-order valence-electron chi connectivity index (χ1n) is 7.63. The molecule has 1 aliphatic heterocycles. The standard InChI is InChI=1S/C17H21N5O/c1-20-16-3-2-12(13-8-14(18)11-21-10-13)9-15(16)17(19)22-4-6-23-7-5-22/h2-3,8-11,19-20H,4-7,18H2,1H3. The average molecular weight is 311 g/mol. The minimum Gasteiger partial charge on any atom is -0.397 e. The van der Waals surface area contributed by atoms with Gasteiger partial charge in [-0.3, -0.25) is 10.4 Å². The topological polar surface area (TPSA) is 87.3 Å². The molecule has 120 valence electrons. The van der Waals surface area contributed by atoms with E-state index in [0.29, 0.717) is 24.7 Å². The van der Waals surface area contributed by atoms with E-state index in [1.165, 1.54) is 0 Å². The van der Waals surface area contributed by atoms with E-state index >= 15 is 0 Å².